The quantitative estimate of drug-likeness (QED) is 0.455. The first-order valence-electron chi connectivity index (χ1n) is 9.03. The third-order valence-corrected chi connectivity index (χ3v) is 4.66. The van der Waals surface area contributed by atoms with Crippen molar-refractivity contribution in [2.24, 2.45) is 0 Å². The van der Waals surface area contributed by atoms with Gasteiger partial charge in [-0.1, -0.05) is 36.4 Å². The minimum atomic E-state index is -0.651. The molecule has 1 aromatic carbocycles. The van der Waals surface area contributed by atoms with Crippen LogP contribution in [0.4, 0.5) is 0 Å². The van der Waals surface area contributed by atoms with Gasteiger partial charge >= 0.3 is 0 Å². The summed E-state index contributed by atoms with van der Waals surface area (Å²) in [5, 5.41) is 10.8. The Bertz CT molecular complexity index is 847. The first-order valence-corrected chi connectivity index (χ1v) is 9.03. The lowest BCUT2D eigenvalue weighted by Gasteiger charge is -2.25. The first-order chi connectivity index (χ1) is 13.0. The largest absolute Gasteiger partial charge is 0.507 e. The number of ketones is 1. The summed E-state index contributed by atoms with van der Waals surface area (Å²) in [6, 6.07) is 11.8. The lowest BCUT2D eigenvalue weighted by Crippen LogP contribution is -3.05. The molecule has 0 radical (unpaired) electrons. The van der Waals surface area contributed by atoms with Gasteiger partial charge in [-0.3, -0.25) is 14.6 Å². The van der Waals surface area contributed by atoms with E-state index >= 15 is 0 Å². The number of aromatic nitrogens is 1. The second kappa shape index (κ2) is 8.14. The van der Waals surface area contributed by atoms with E-state index in [4.69, 9.17) is 0 Å². The van der Waals surface area contributed by atoms with Crippen molar-refractivity contribution < 1.29 is 19.6 Å². The van der Waals surface area contributed by atoms with Gasteiger partial charge in [-0.2, -0.15) is 0 Å². The van der Waals surface area contributed by atoms with Crippen molar-refractivity contribution in [3.05, 3.63) is 71.6 Å². The van der Waals surface area contributed by atoms with Crippen molar-refractivity contribution in [2.45, 2.75) is 12.5 Å². The first kappa shape index (κ1) is 18.8. The highest BCUT2D eigenvalue weighted by Gasteiger charge is 2.45. The van der Waals surface area contributed by atoms with Crippen LogP contribution < -0.4 is 4.90 Å². The Kier molecular flexibility index (Phi) is 5.66. The highest BCUT2D eigenvalue weighted by Crippen LogP contribution is 2.38. The minimum absolute atomic E-state index is 0.122. The third kappa shape index (κ3) is 3.90. The number of carbonyl (C=O) groups excluding carboxylic acids is 2. The van der Waals surface area contributed by atoms with Crippen LogP contribution in [0.3, 0.4) is 0 Å². The molecule has 1 aliphatic heterocycles. The number of likely N-dealkylation sites (tertiary alicyclic amines) is 1. The van der Waals surface area contributed by atoms with Crippen molar-refractivity contribution in [2.75, 3.05) is 27.2 Å². The zero-order chi connectivity index (χ0) is 19.4. The lowest BCUT2D eigenvalue weighted by molar-refractivity contribution is -0.858. The molecule has 0 bridgehead atoms. The Hall–Kier alpha value is -2.99. The summed E-state index contributed by atoms with van der Waals surface area (Å²) in [7, 11) is 4.09. The van der Waals surface area contributed by atoms with Crippen LogP contribution in [0.2, 0.25) is 0 Å². The Morgan fingerprint density at radius 2 is 1.89 bits per heavy atom. The molecule has 3 rings (SSSR count). The maximum Gasteiger partial charge on any atom is 0.295 e. The molecule has 0 aliphatic carbocycles. The molecule has 0 saturated carbocycles. The van der Waals surface area contributed by atoms with Crippen LogP contribution in [-0.4, -0.2) is 53.9 Å². The standard InChI is InChI=1S/C21H23N3O3/c1-23(2)12-7-13-24-18(16-10-6-11-22-14-16)17(20(26)21(24)27)19(25)15-8-4-3-5-9-15/h3-6,8-11,14,18,25H,7,12-13H2,1-2H3/p+1. The zero-order valence-electron chi connectivity index (χ0n) is 15.6. The van der Waals surface area contributed by atoms with Crippen molar-refractivity contribution in [1.29, 1.82) is 0 Å². The summed E-state index contributed by atoms with van der Waals surface area (Å²) in [6.07, 6.45) is 4.04. The third-order valence-electron chi connectivity index (χ3n) is 4.66. The molecule has 27 heavy (non-hydrogen) atoms. The number of aliphatic hydroxyl groups excluding tert-OH is 1. The van der Waals surface area contributed by atoms with Gasteiger partial charge in [0, 0.05) is 30.9 Å². The number of benzene rings is 1. The van der Waals surface area contributed by atoms with Gasteiger partial charge in [0.05, 0.1) is 32.3 Å². The van der Waals surface area contributed by atoms with Crippen molar-refractivity contribution in [3.8, 4) is 0 Å². The summed E-state index contributed by atoms with van der Waals surface area (Å²) >= 11 is 0. The second-order valence-corrected chi connectivity index (χ2v) is 6.96. The number of hydrogen-bond acceptors (Lipinski definition) is 4. The van der Waals surface area contributed by atoms with Crippen LogP contribution in [0.25, 0.3) is 5.76 Å². The van der Waals surface area contributed by atoms with Gasteiger partial charge in [-0.15, -0.1) is 0 Å². The predicted octanol–water partition coefficient (Wildman–Crippen LogP) is 1.04. The number of nitrogens with one attached hydrogen (secondary N) is 1. The number of amides is 1. The molecule has 6 nitrogen and oxygen atoms in total. The number of nitrogens with zero attached hydrogens (tertiary/aromatic N) is 2. The Morgan fingerprint density at radius 1 is 1.15 bits per heavy atom. The highest BCUT2D eigenvalue weighted by molar-refractivity contribution is 6.46. The van der Waals surface area contributed by atoms with E-state index in [-0.39, 0.29) is 11.3 Å². The van der Waals surface area contributed by atoms with E-state index < -0.39 is 17.7 Å². The smallest absolute Gasteiger partial charge is 0.295 e. The molecule has 2 aromatic rings. The van der Waals surface area contributed by atoms with E-state index in [0.717, 1.165) is 13.0 Å². The molecular weight excluding hydrogens is 342 g/mol. The molecule has 1 saturated heterocycles. The van der Waals surface area contributed by atoms with Gasteiger partial charge in [0.15, 0.2) is 0 Å². The lowest BCUT2D eigenvalue weighted by atomic mass is 9.96. The van der Waals surface area contributed by atoms with Gasteiger partial charge < -0.3 is 14.9 Å². The van der Waals surface area contributed by atoms with Gasteiger partial charge in [0.1, 0.15) is 5.76 Å². The molecular formula is C21H24N3O3+. The molecule has 2 N–H and O–H groups in total. The molecule has 1 aliphatic rings. The highest BCUT2D eigenvalue weighted by atomic mass is 16.3. The SMILES string of the molecule is C[NH+](C)CCCN1C(=O)C(=O)C(=C(O)c2ccccc2)C1c1cccnc1. The molecule has 2 heterocycles. The second-order valence-electron chi connectivity index (χ2n) is 6.96. The van der Waals surface area contributed by atoms with Crippen LogP contribution in [0.15, 0.2) is 60.4 Å². The van der Waals surface area contributed by atoms with Gasteiger partial charge in [-0.25, -0.2) is 0 Å². The Balaban J connectivity index is 2.05. The molecule has 1 unspecified atom stereocenters. The summed E-state index contributed by atoms with van der Waals surface area (Å²) < 4.78 is 0. The number of rotatable bonds is 6. The molecule has 0 spiro atoms. The number of carbonyl (C=O) groups is 2. The summed E-state index contributed by atoms with van der Waals surface area (Å²) in [6.45, 7) is 1.32. The summed E-state index contributed by atoms with van der Waals surface area (Å²) in [5.41, 5.74) is 1.35. The molecule has 1 atom stereocenters. The summed E-state index contributed by atoms with van der Waals surface area (Å²) in [4.78, 5) is 32.4. The average Bonchev–Trinajstić information content (AvgIpc) is 2.93. The molecule has 1 amide bonds. The average molecular weight is 366 g/mol. The normalized spacial score (nSPS) is 19.1. The van der Waals surface area contributed by atoms with Crippen molar-refractivity contribution in [3.63, 3.8) is 0 Å². The zero-order valence-corrected chi connectivity index (χ0v) is 15.6. The fourth-order valence-electron chi connectivity index (χ4n) is 3.35. The predicted molar refractivity (Wildman–Crippen MR) is 102 cm³/mol. The number of hydrogen-bond donors (Lipinski definition) is 2. The van der Waals surface area contributed by atoms with Crippen molar-refractivity contribution in [1.82, 2.24) is 9.88 Å². The monoisotopic (exact) mass is 366 g/mol. The van der Waals surface area contributed by atoms with E-state index in [1.807, 2.05) is 26.2 Å². The number of quaternary nitrogens is 1. The van der Waals surface area contributed by atoms with Crippen LogP contribution >= 0.6 is 0 Å². The van der Waals surface area contributed by atoms with E-state index in [1.165, 1.54) is 4.90 Å². The fraction of sp³-hybridized carbons (Fsp3) is 0.286. The van der Waals surface area contributed by atoms with Gasteiger partial charge in [-0.05, 0) is 11.6 Å². The molecule has 1 aromatic heterocycles. The van der Waals surface area contributed by atoms with Crippen LogP contribution in [0, 0.1) is 0 Å². The summed E-state index contributed by atoms with van der Waals surface area (Å²) in [5.74, 6) is -1.37. The van der Waals surface area contributed by atoms with Gasteiger partial charge in [0.25, 0.3) is 11.7 Å². The number of pyridine rings is 1. The minimum Gasteiger partial charge on any atom is -0.507 e. The van der Waals surface area contributed by atoms with Crippen LogP contribution in [0.5, 0.6) is 0 Å². The maximum atomic E-state index is 12.8. The number of Topliss-reactive ketones (excluding diaryl/α,β-unsaturated/α-hetero) is 1. The number of aliphatic hydroxyl groups is 1. The van der Waals surface area contributed by atoms with E-state index in [9.17, 15) is 14.7 Å². The van der Waals surface area contributed by atoms with E-state index in [1.54, 1.807) is 47.6 Å². The maximum absolute atomic E-state index is 12.8. The Morgan fingerprint density at radius 3 is 2.52 bits per heavy atom. The van der Waals surface area contributed by atoms with Gasteiger partial charge in [0.2, 0.25) is 0 Å². The van der Waals surface area contributed by atoms with Crippen LogP contribution in [-0.2, 0) is 9.59 Å². The van der Waals surface area contributed by atoms with E-state index in [2.05, 4.69) is 4.98 Å². The topological polar surface area (TPSA) is 74.9 Å². The Labute approximate surface area is 158 Å². The molecule has 1 fully saturated rings. The van der Waals surface area contributed by atoms with Crippen LogP contribution in [0.1, 0.15) is 23.6 Å². The van der Waals surface area contributed by atoms with E-state index in [0.29, 0.717) is 17.7 Å². The molecule has 140 valence electrons. The molecule has 6 heteroatoms. The van der Waals surface area contributed by atoms with Crippen molar-refractivity contribution >= 4 is 17.4 Å². The fourth-order valence-corrected chi connectivity index (χ4v) is 3.35.